The van der Waals surface area contributed by atoms with Crippen LogP contribution in [0, 0.1) is 13.8 Å². The van der Waals surface area contributed by atoms with E-state index in [0.717, 1.165) is 27.1 Å². The maximum absolute atomic E-state index is 5.81. The van der Waals surface area contributed by atoms with Gasteiger partial charge in [0.05, 0.1) is 22.0 Å². The van der Waals surface area contributed by atoms with Crippen LogP contribution in [-0.4, -0.2) is 15.5 Å². The molecular formula is C12H15BrN2O. The minimum absolute atomic E-state index is 0.156. The molecule has 2 rings (SSSR count). The first-order valence-electron chi connectivity index (χ1n) is 5.30. The minimum atomic E-state index is 0.156. The molecule has 4 heteroatoms. The molecular weight excluding hydrogens is 268 g/mol. The van der Waals surface area contributed by atoms with Gasteiger partial charge in [0, 0.05) is 12.4 Å². The standard InChI is InChI=1S/C12H15BrN2O/c1-7(2)16-12-10(13)6-15-5-8(3)14-9(4)11(12)15/h5-7H,1-4H3. The van der Waals surface area contributed by atoms with Crippen molar-refractivity contribution >= 4 is 21.4 Å². The van der Waals surface area contributed by atoms with Crippen LogP contribution >= 0.6 is 15.9 Å². The average Bonchev–Trinajstić information content (AvgIpc) is 2.41. The van der Waals surface area contributed by atoms with Crippen LogP contribution in [0.25, 0.3) is 5.52 Å². The Labute approximate surface area is 104 Å². The monoisotopic (exact) mass is 282 g/mol. The molecule has 86 valence electrons. The van der Waals surface area contributed by atoms with E-state index in [4.69, 9.17) is 4.74 Å². The van der Waals surface area contributed by atoms with Crippen molar-refractivity contribution in [2.75, 3.05) is 0 Å². The molecule has 3 nitrogen and oxygen atoms in total. The van der Waals surface area contributed by atoms with E-state index in [1.54, 1.807) is 0 Å². The lowest BCUT2D eigenvalue weighted by Crippen LogP contribution is -2.06. The van der Waals surface area contributed by atoms with E-state index in [0.29, 0.717) is 0 Å². The Morgan fingerprint density at radius 2 is 2.00 bits per heavy atom. The second-order valence-electron chi connectivity index (χ2n) is 4.20. The largest absolute Gasteiger partial charge is 0.487 e. The summed E-state index contributed by atoms with van der Waals surface area (Å²) < 4.78 is 8.84. The summed E-state index contributed by atoms with van der Waals surface area (Å²) >= 11 is 3.52. The molecule has 2 heterocycles. The van der Waals surface area contributed by atoms with E-state index in [-0.39, 0.29) is 6.10 Å². The Balaban J connectivity index is 2.68. The molecule has 0 atom stereocenters. The number of aryl methyl sites for hydroxylation is 2. The van der Waals surface area contributed by atoms with Gasteiger partial charge >= 0.3 is 0 Å². The first-order chi connectivity index (χ1) is 7.49. The van der Waals surface area contributed by atoms with E-state index in [1.807, 2.05) is 40.1 Å². The smallest absolute Gasteiger partial charge is 0.161 e. The van der Waals surface area contributed by atoms with Crippen LogP contribution in [0.3, 0.4) is 0 Å². The van der Waals surface area contributed by atoms with Gasteiger partial charge in [0.2, 0.25) is 0 Å². The number of halogens is 1. The highest BCUT2D eigenvalue weighted by Gasteiger charge is 2.14. The first kappa shape index (κ1) is 11.5. The Morgan fingerprint density at radius 3 is 2.62 bits per heavy atom. The van der Waals surface area contributed by atoms with Gasteiger partial charge in [-0.05, 0) is 43.6 Å². The molecule has 0 radical (unpaired) electrons. The fourth-order valence-corrected chi connectivity index (χ4v) is 2.33. The van der Waals surface area contributed by atoms with Crippen LogP contribution in [0.15, 0.2) is 16.9 Å². The molecule has 0 saturated heterocycles. The number of hydrogen-bond donors (Lipinski definition) is 0. The molecule has 2 aromatic heterocycles. The number of hydrogen-bond acceptors (Lipinski definition) is 2. The fraction of sp³-hybridized carbons (Fsp3) is 0.417. The molecule has 0 spiro atoms. The summed E-state index contributed by atoms with van der Waals surface area (Å²) in [7, 11) is 0. The van der Waals surface area contributed by atoms with Crippen LogP contribution in [-0.2, 0) is 0 Å². The van der Waals surface area contributed by atoms with Gasteiger partial charge in [0.25, 0.3) is 0 Å². The predicted molar refractivity (Wildman–Crippen MR) is 68.1 cm³/mol. The summed E-state index contributed by atoms with van der Waals surface area (Å²) in [5, 5.41) is 0. The van der Waals surface area contributed by atoms with Crippen molar-refractivity contribution in [3.05, 3.63) is 28.3 Å². The van der Waals surface area contributed by atoms with Crippen molar-refractivity contribution in [1.82, 2.24) is 9.38 Å². The lowest BCUT2D eigenvalue weighted by Gasteiger charge is -2.10. The predicted octanol–water partition coefficient (Wildman–Crippen LogP) is 3.50. The van der Waals surface area contributed by atoms with Crippen molar-refractivity contribution in [1.29, 1.82) is 0 Å². The van der Waals surface area contributed by atoms with Gasteiger partial charge in [-0.2, -0.15) is 0 Å². The second-order valence-corrected chi connectivity index (χ2v) is 5.05. The van der Waals surface area contributed by atoms with Crippen LogP contribution in [0.2, 0.25) is 0 Å². The third kappa shape index (κ3) is 1.94. The molecule has 16 heavy (non-hydrogen) atoms. The molecule has 0 bridgehead atoms. The molecule has 0 aliphatic carbocycles. The molecule has 0 aliphatic rings. The summed E-state index contributed by atoms with van der Waals surface area (Å²) in [5.41, 5.74) is 3.02. The number of fused-ring (bicyclic) bond motifs is 1. The molecule has 0 aromatic carbocycles. The zero-order valence-electron chi connectivity index (χ0n) is 9.91. The Hall–Kier alpha value is -1.03. The molecule has 2 aromatic rings. The number of nitrogens with zero attached hydrogens (tertiary/aromatic N) is 2. The van der Waals surface area contributed by atoms with Crippen molar-refractivity contribution in [3.8, 4) is 5.75 Å². The van der Waals surface area contributed by atoms with Crippen molar-refractivity contribution in [3.63, 3.8) is 0 Å². The second kappa shape index (κ2) is 4.09. The maximum atomic E-state index is 5.81. The van der Waals surface area contributed by atoms with Gasteiger partial charge < -0.3 is 9.14 Å². The normalized spacial score (nSPS) is 11.4. The summed E-state index contributed by atoms with van der Waals surface area (Å²) in [6, 6.07) is 0. The molecule has 0 fully saturated rings. The molecule has 0 saturated carbocycles. The van der Waals surface area contributed by atoms with Gasteiger partial charge in [-0.15, -0.1) is 0 Å². The van der Waals surface area contributed by atoms with Gasteiger partial charge in [-0.3, -0.25) is 4.98 Å². The third-order valence-electron chi connectivity index (χ3n) is 2.31. The van der Waals surface area contributed by atoms with E-state index in [9.17, 15) is 0 Å². The van der Waals surface area contributed by atoms with E-state index in [1.165, 1.54) is 0 Å². The van der Waals surface area contributed by atoms with Gasteiger partial charge in [-0.25, -0.2) is 0 Å². The van der Waals surface area contributed by atoms with Gasteiger partial charge in [0.1, 0.15) is 5.52 Å². The van der Waals surface area contributed by atoms with E-state index < -0.39 is 0 Å². The van der Waals surface area contributed by atoms with Crippen molar-refractivity contribution < 1.29 is 4.74 Å². The van der Waals surface area contributed by atoms with Gasteiger partial charge in [-0.1, -0.05) is 0 Å². The highest BCUT2D eigenvalue weighted by Crippen LogP contribution is 2.34. The maximum Gasteiger partial charge on any atom is 0.161 e. The van der Waals surface area contributed by atoms with Crippen LogP contribution in [0.4, 0.5) is 0 Å². The van der Waals surface area contributed by atoms with Crippen LogP contribution in [0.5, 0.6) is 5.75 Å². The third-order valence-corrected chi connectivity index (χ3v) is 2.87. The molecule has 0 unspecified atom stereocenters. The van der Waals surface area contributed by atoms with E-state index >= 15 is 0 Å². The fourth-order valence-electron chi connectivity index (χ4n) is 1.82. The summed E-state index contributed by atoms with van der Waals surface area (Å²) in [6.45, 7) is 8.03. The Bertz CT molecular complexity index is 531. The lowest BCUT2D eigenvalue weighted by atomic mass is 10.3. The molecule has 0 aliphatic heterocycles. The Morgan fingerprint density at radius 1 is 1.31 bits per heavy atom. The van der Waals surface area contributed by atoms with E-state index in [2.05, 4.69) is 25.3 Å². The zero-order chi connectivity index (χ0) is 11.9. The molecule has 0 amide bonds. The zero-order valence-corrected chi connectivity index (χ0v) is 11.5. The molecule has 0 N–H and O–H groups in total. The van der Waals surface area contributed by atoms with Crippen molar-refractivity contribution in [2.45, 2.75) is 33.8 Å². The lowest BCUT2D eigenvalue weighted by molar-refractivity contribution is 0.244. The number of rotatable bonds is 2. The minimum Gasteiger partial charge on any atom is -0.487 e. The van der Waals surface area contributed by atoms with Gasteiger partial charge in [0.15, 0.2) is 5.75 Å². The highest BCUT2D eigenvalue weighted by atomic mass is 79.9. The number of ether oxygens (including phenoxy) is 1. The van der Waals surface area contributed by atoms with Crippen LogP contribution in [0.1, 0.15) is 25.2 Å². The SMILES string of the molecule is Cc1cn2cc(Br)c(OC(C)C)c2c(C)n1. The first-order valence-corrected chi connectivity index (χ1v) is 6.09. The quantitative estimate of drug-likeness (QED) is 0.843. The van der Waals surface area contributed by atoms with Crippen molar-refractivity contribution in [2.24, 2.45) is 0 Å². The summed E-state index contributed by atoms with van der Waals surface area (Å²) in [6.07, 6.45) is 4.16. The van der Waals surface area contributed by atoms with Crippen LogP contribution < -0.4 is 4.74 Å². The number of aromatic nitrogens is 2. The summed E-state index contributed by atoms with van der Waals surface area (Å²) in [5.74, 6) is 0.875. The highest BCUT2D eigenvalue weighted by molar-refractivity contribution is 9.10. The topological polar surface area (TPSA) is 26.5 Å². The Kier molecular flexibility index (Phi) is 2.93. The average molecular weight is 283 g/mol. The summed E-state index contributed by atoms with van der Waals surface area (Å²) in [4.78, 5) is 4.46.